The van der Waals surface area contributed by atoms with E-state index >= 15 is 0 Å². The SMILES string of the molecule is CC(=O)c1cc2c(cc1NC(=O)[C@@H](C)N)OCCO2.Cl. The topological polar surface area (TPSA) is 90.7 Å². The van der Waals surface area contributed by atoms with Gasteiger partial charge in [-0.25, -0.2) is 0 Å². The molecule has 0 unspecified atom stereocenters. The molecule has 0 saturated heterocycles. The molecule has 1 aliphatic heterocycles. The Morgan fingerprint density at radius 3 is 2.30 bits per heavy atom. The van der Waals surface area contributed by atoms with E-state index in [0.717, 1.165) is 0 Å². The fourth-order valence-electron chi connectivity index (χ4n) is 1.73. The van der Waals surface area contributed by atoms with Gasteiger partial charge in [0, 0.05) is 11.6 Å². The molecule has 1 atom stereocenters. The Bertz CT molecular complexity index is 531. The van der Waals surface area contributed by atoms with Crippen LogP contribution in [-0.2, 0) is 4.79 Å². The highest BCUT2D eigenvalue weighted by molar-refractivity contribution is 6.05. The second-order valence-corrected chi connectivity index (χ2v) is 4.38. The lowest BCUT2D eigenvalue weighted by Crippen LogP contribution is -2.33. The minimum absolute atomic E-state index is 0. The number of Topliss-reactive ketones (excluding diaryl/α,β-unsaturated/α-hetero) is 1. The number of rotatable bonds is 3. The van der Waals surface area contributed by atoms with Crippen molar-refractivity contribution in [2.75, 3.05) is 18.5 Å². The van der Waals surface area contributed by atoms with Crippen LogP contribution in [0.4, 0.5) is 5.69 Å². The Hall–Kier alpha value is -1.79. The van der Waals surface area contributed by atoms with Crippen LogP contribution < -0.4 is 20.5 Å². The zero-order valence-corrected chi connectivity index (χ0v) is 12.1. The lowest BCUT2D eigenvalue weighted by Gasteiger charge is -2.21. The Labute approximate surface area is 123 Å². The largest absolute Gasteiger partial charge is 0.486 e. The van der Waals surface area contributed by atoms with Crippen molar-refractivity contribution in [2.45, 2.75) is 19.9 Å². The maximum absolute atomic E-state index is 11.6. The standard InChI is InChI=1S/C13H16N2O4.ClH/c1-7(14)13(17)15-10-6-12-11(18-3-4-19-12)5-9(10)8(2)16;/h5-7H,3-4,14H2,1-2H3,(H,15,17);1H/t7-;/m1./s1. The molecule has 6 nitrogen and oxygen atoms in total. The van der Waals surface area contributed by atoms with Crippen molar-refractivity contribution in [1.29, 1.82) is 0 Å². The van der Waals surface area contributed by atoms with E-state index in [0.29, 0.717) is 36.0 Å². The number of benzene rings is 1. The monoisotopic (exact) mass is 300 g/mol. The molecule has 0 aliphatic carbocycles. The number of halogens is 1. The van der Waals surface area contributed by atoms with E-state index < -0.39 is 6.04 Å². The minimum Gasteiger partial charge on any atom is -0.486 e. The molecule has 0 aromatic heterocycles. The third kappa shape index (κ3) is 3.40. The Kier molecular flexibility index (Phi) is 5.35. The first-order chi connectivity index (χ1) is 8.99. The number of amides is 1. The van der Waals surface area contributed by atoms with E-state index in [2.05, 4.69) is 5.32 Å². The molecule has 20 heavy (non-hydrogen) atoms. The molecule has 0 saturated carbocycles. The molecule has 3 N–H and O–H groups in total. The number of hydrogen-bond donors (Lipinski definition) is 2. The Morgan fingerprint density at radius 2 is 1.80 bits per heavy atom. The van der Waals surface area contributed by atoms with E-state index in [1.807, 2.05) is 0 Å². The van der Waals surface area contributed by atoms with Crippen molar-refractivity contribution >= 4 is 29.8 Å². The molecule has 0 spiro atoms. The summed E-state index contributed by atoms with van der Waals surface area (Å²) in [6.07, 6.45) is 0. The number of carbonyl (C=O) groups is 2. The molecular formula is C13H17ClN2O4. The van der Waals surface area contributed by atoms with Gasteiger partial charge in [-0.2, -0.15) is 0 Å². The smallest absolute Gasteiger partial charge is 0.241 e. The number of anilines is 1. The fourth-order valence-corrected chi connectivity index (χ4v) is 1.73. The summed E-state index contributed by atoms with van der Waals surface area (Å²) < 4.78 is 10.8. The maximum Gasteiger partial charge on any atom is 0.241 e. The van der Waals surface area contributed by atoms with Gasteiger partial charge in [0.05, 0.1) is 11.7 Å². The number of nitrogens with two attached hydrogens (primary N) is 1. The molecule has 1 aromatic carbocycles. The lowest BCUT2D eigenvalue weighted by molar-refractivity contribution is -0.117. The van der Waals surface area contributed by atoms with Crippen molar-refractivity contribution in [3.63, 3.8) is 0 Å². The maximum atomic E-state index is 11.6. The van der Waals surface area contributed by atoms with Crippen molar-refractivity contribution in [1.82, 2.24) is 0 Å². The van der Waals surface area contributed by atoms with Gasteiger partial charge in [-0.15, -0.1) is 12.4 Å². The van der Waals surface area contributed by atoms with Gasteiger partial charge in [0.2, 0.25) is 5.91 Å². The number of nitrogens with one attached hydrogen (secondary N) is 1. The zero-order chi connectivity index (χ0) is 14.0. The predicted molar refractivity (Wildman–Crippen MR) is 77.0 cm³/mol. The van der Waals surface area contributed by atoms with Crippen LogP contribution in [0.15, 0.2) is 12.1 Å². The fraction of sp³-hybridized carbons (Fsp3) is 0.385. The van der Waals surface area contributed by atoms with Gasteiger partial charge >= 0.3 is 0 Å². The van der Waals surface area contributed by atoms with E-state index in [1.165, 1.54) is 6.92 Å². The van der Waals surface area contributed by atoms with Crippen LogP contribution in [0.5, 0.6) is 11.5 Å². The van der Waals surface area contributed by atoms with Gasteiger partial charge in [-0.3, -0.25) is 9.59 Å². The summed E-state index contributed by atoms with van der Waals surface area (Å²) in [5, 5.41) is 2.62. The third-order valence-electron chi connectivity index (χ3n) is 2.73. The van der Waals surface area contributed by atoms with Crippen LogP contribution in [-0.4, -0.2) is 30.9 Å². The van der Waals surface area contributed by atoms with E-state index in [4.69, 9.17) is 15.2 Å². The van der Waals surface area contributed by atoms with Crippen molar-refractivity contribution < 1.29 is 19.1 Å². The average molecular weight is 301 g/mol. The second kappa shape index (κ2) is 6.58. The molecule has 1 aliphatic rings. The first kappa shape index (κ1) is 16.3. The summed E-state index contributed by atoms with van der Waals surface area (Å²) in [4.78, 5) is 23.3. The summed E-state index contributed by atoms with van der Waals surface area (Å²) in [7, 11) is 0. The van der Waals surface area contributed by atoms with Gasteiger partial charge in [0.25, 0.3) is 0 Å². The van der Waals surface area contributed by atoms with Crippen LogP contribution >= 0.6 is 12.4 Å². The number of fused-ring (bicyclic) bond motifs is 1. The molecule has 1 aromatic rings. The van der Waals surface area contributed by atoms with Gasteiger partial charge in [0.15, 0.2) is 17.3 Å². The molecule has 1 amide bonds. The first-order valence-electron chi connectivity index (χ1n) is 6.00. The molecule has 0 radical (unpaired) electrons. The minimum atomic E-state index is -0.659. The molecule has 7 heteroatoms. The van der Waals surface area contributed by atoms with Gasteiger partial charge < -0.3 is 20.5 Å². The number of hydrogen-bond acceptors (Lipinski definition) is 5. The normalized spacial score (nSPS) is 13.9. The van der Waals surface area contributed by atoms with Crippen LogP contribution in [0.1, 0.15) is 24.2 Å². The first-order valence-corrected chi connectivity index (χ1v) is 6.00. The molecule has 2 rings (SSSR count). The second-order valence-electron chi connectivity index (χ2n) is 4.38. The highest BCUT2D eigenvalue weighted by Crippen LogP contribution is 2.35. The number of carbonyl (C=O) groups excluding carboxylic acids is 2. The summed E-state index contributed by atoms with van der Waals surface area (Å²) in [5.74, 6) is 0.489. The molecule has 0 bridgehead atoms. The van der Waals surface area contributed by atoms with Gasteiger partial charge in [0.1, 0.15) is 13.2 Å². The number of ketones is 1. The highest BCUT2D eigenvalue weighted by Gasteiger charge is 2.19. The van der Waals surface area contributed by atoms with Crippen LogP contribution in [0.2, 0.25) is 0 Å². The highest BCUT2D eigenvalue weighted by atomic mass is 35.5. The summed E-state index contributed by atoms with van der Waals surface area (Å²) in [5.41, 5.74) is 6.26. The summed E-state index contributed by atoms with van der Waals surface area (Å²) >= 11 is 0. The third-order valence-corrected chi connectivity index (χ3v) is 2.73. The van der Waals surface area contributed by atoms with Gasteiger partial charge in [-0.1, -0.05) is 0 Å². The predicted octanol–water partition coefficient (Wildman–Crippen LogP) is 1.37. The van der Waals surface area contributed by atoms with Crippen LogP contribution in [0.3, 0.4) is 0 Å². The van der Waals surface area contributed by atoms with E-state index in [1.54, 1.807) is 19.1 Å². The number of ether oxygens (including phenoxy) is 2. The van der Waals surface area contributed by atoms with Crippen molar-refractivity contribution in [3.8, 4) is 11.5 Å². The van der Waals surface area contributed by atoms with Gasteiger partial charge in [-0.05, 0) is 19.9 Å². The van der Waals surface area contributed by atoms with E-state index in [9.17, 15) is 9.59 Å². The Balaban J connectivity index is 0.00000200. The van der Waals surface area contributed by atoms with E-state index in [-0.39, 0.29) is 24.1 Å². The molecule has 110 valence electrons. The molecule has 0 fully saturated rings. The quantitative estimate of drug-likeness (QED) is 0.823. The molecule has 1 heterocycles. The molecular weight excluding hydrogens is 284 g/mol. The average Bonchev–Trinajstić information content (AvgIpc) is 2.37. The zero-order valence-electron chi connectivity index (χ0n) is 11.3. The summed E-state index contributed by atoms with van der Waals surface area (Å²) in [6.45, 7) is 3.87. The van der Waals surface area contributed by atoms with Crippen LogP contribution in [0, 0.1) is 0 Å². The lowest BCUT2D eigenvalue weighted by atomic mass is 10.1. The van der Waals surface area contributed by atoms with Crippen molar-refractivity contribution in [3.05, 3.63) is 17.7 Å². The van der Waals surface area contributed by atoms with Crippen molar-refractivity contribution in [2.24, 2.45) is 5.73 Å². The Morgan fingerprint density at radius 1 is 1.25 bits per heavy atom. The van der Waals surface area contributed by atoms with Crippen LogP contribution in [0.25, 0.3) is 0 Å². The summed E-state index contributed by atoms with van der Waals surface area (Å²) in [6, 6.07) is 2.51.